The smallest absolute Gasteiger partial charge is 0.325 e. The third-order valence-electron chi connectivity index (χ3n) is 4.49. The minimum absolute atomic E-state index is 0.0230. The summed E-state index contributed by atoms with van der Waals surface area (Å²) >= 11 is 0. The Kier molecular flexibility index (Phi) is 5.79. The molecule has 2 aromatic carbocycles. The minimum Gasteiger partial charge on any atom is -0.468 e. The lowest BCUT2D eigenvalue weighted by molar-refractivity contribution is -0.141. The van der Waals surface area contributed by atoms with Crippen LogP contribution in [-0.4, -0.2) is 23.6 Å². The van der Waals surface area contributed by atoms with Crippen molar-refractivity contribution in [1.82, 2.24) is 4.57 Å². The van der Waals surface area contributed by atoms with E-state index >= 15 is 0 Å². The van der Waals surface area contributed by atoms with Crippen molar-refractivity contribution in [1.29, 1.82) is 5.26 Å². The van der Waals surface area contributed by atoms with Crippen molar-refractivity contribution in [2.75, 3.05) is 12.4 Å². The number of amides is 1. The van der Waals surface area contributed by atoms with Crippen LogP contribution >= 0.6 is 0 Å². The van der Waals surface area contributed by atoms with Crippen LogP contribution in [0.3, 0.4) is 0 Å². The van der Waals surface area contributed by atoms with Crippen LogP contribution in [0.4, 0.5) is 5.69 Å². The van der Waals surface area contributed by atoms with Gasteiger partial charge in [0.2, 0.25) is 0 Å². The van der Waals surface area contributed by atoms with Gasteiger partial charge in [0, 0.05) is 28.4 Å². The maximum absolute atomic E-state index is 12.7. The van der Waals surface area contributed by atoms with Gasteiger partial charge in [0.25, 0.3) is 5.91 Å². The fourth-order valence-electron chi connectivity index (χ4n) is 3.27. The maximum atomic E-state index is 12.7. The number of aryl methyl sites for hydroxylation is 2. The molecule has 3 aromatic rings. The summed E-state index contributed by atoms with van der Waals surface area (Å²) in [5.74, 6) is -0.864. The largest absolute Gasteiger partial charge is 0.468 e. The number of nitriles is 1. The zero-order valence-electron chi connectivity index (χ0n) is 16.5. The van der Waals surface area contributed by atoms with E-state index in [0.29, 0.717) is 11.3 Å². The summed E-state index contributed by atoms with van der Waals surface area (Å²) in [4.78, 5) is 24.4. The van der Waals surface area contributed by atoms with Crippen molar-refractivity contribution < 1.29 is 14.3 Å². The van der Waals surface area contributed by atoms with Gasteiger partial charge in [-0.05, 0) is 49.2 Å². The zero-order chi connectivity index (χ0) is 21.0. The van der Waals surface area contributed by atoms with Gasteiger partial charge in [-0.15, -0.1) is 0 Å². The monoisotopic (exact) mass is 387 g/mol. The lowest BCUT2D eigenvalue weighted by atomic mass is 10.1. The van der Waals surface area contributed by atoms with Gasteiger partial charge in [-0.2, -0.15) is 5.26 Å². The van der Waals surface area contributed by atoms with E-state index < -0.39 is 5.91 Å². The molecule has 0 aliphatic heterocycles. The van der Waals surface area contributed by atoms with Gasteiger partial charge >= 0.3 is 5.97 Å². The Morgan fingerprint density at radius 1 is 1.17 bits per heavy atom. The number of aromatic nitrogens is 1. The zero-order valence-corrected chi connectivity index (χ0v) is 16.5. The standard InChI is InChI=1S/C23H21N3O3/c1-15-8-16(2)10-19(9-15)25-23(28)17(12-24)11-18-13-26(14-22(27)29-3)21-7-5-4-6-20(18)21/h4-11,13H,14H2,1-3H3,(H,25,28)/b17-11-. The molecular formula is C23H21N3O3. The molecule has 29 heavy (non-hydrogen) atoms. The number of ether oxygens (including phenoxy) is 1. The summed E-state index contributed by atoms with van der Waals surface area (Å²) in [5, 5.41) is 13.2. The number of carbonyl (C=O) groups excluding carboxylic acids is 2. The first-order valence-corrected chi connectivity index (χ1v) is 9.07. The summed E-state index contributed by atoms with van der Waals surface area (Å²) in [5.41, 5.74) is 4.15. The second-order valence-electron chi connectivity index (χ2n) is 6.81. The molecule has 3 rings (SSSR count). The van der Waals surface area contributed by atoms with Crippen LogP contribution in [0.1, 0.15) is 16.7 Å². The number of carbonyl (C=O) groups is 2. The van der Waals surface area contributed by atoms with Gasteiger partial charge in [0.05, 0.1) is 7.11 Å². The molecule has 0 saturated heterocycles. The van der Waals surface area contributed by atoms with Crippen LogP contribution in [0, 0.1) is 25.2 Å². The Balaban J connectivity index is 1.96. The van der Waals surface area contributed by atoms with Gasteiger partial charge in [-0.25, -0.2) is 0 Å². The van der Waals surface area contributed by atoms with Gasteiger partial charge in [-0.3, -0.25) is 9.59 Å². The molecule has 0 atom stereocenters. The predicted molar refractivity (Wildman–Crippen MR) is 112 cm³/mol. The highest BCUT2D eigenvalue weighted by Crippen LogP contribution is 2.24. The Labute approximate surface area is 169 Å². The Hall–Kier alpha value is -3.85. The topological polar surface area (TPSA) is 84.1 Å². The average Bonchev–Trinajstić information content (AvgIpc) is 3.02. The van der Waals surface area contributed by atoms with Gasteiger partial charge in [-0.1, -0.05) is 24.3 Å². The predicted octanol–water partition coefficient (Wildman–Crippen LogP) is 3.98. The molecular weight excluding hydrogens is 366 g/mol. The van der Waals surface area contributed by atoms with Crippen LogP contribution in [0.25, 0.3) is 17.0 Å². The highest BCUT2D eigenvalue weighted by atomic mass is 16.5. The first-order chi connectivity index (χ1) is 13.9. The first kappa shape index (κ1) is 19.9. The van der Waals surface area contributed by atoms with E-state index in [2.05, 4.69) is 5.32 Å². The summed E-state index contributed by atoms with van der Waals surface area (Å²) < 4.78 is 6.49. The number of nitrogens with one attached hydrogen (secondary N) is 1. The minimum atomic E-state index is -0.484. The molecule has 0 radical (unpaired) electrons. The van der Waals surface area contributed by atoms with E-state index in [4.69, 9.17) is 4.74 Å². The number of esters is 1. The Morgan fingerprint density at radius 2 is 1.86 bits per heavy atom. The molecule has 6 heteroatoms. The van der Waals surface area contributed by atoms with Crippen LogP contribution in [0.5, 0.6) is 0 Å². The third-order valence-corrected chi connectivity index (χ3v) is 4.49. The third kappa shape index (κ3) is 4.53. The number of hydrogen-bond acceptors (Lipinski definition) is 4. The quantitative estimate of drug-likeness (QED) is 0.408. The second-order valence-corrected chi connectivity index (χ2v) is 6.81. The Morgan fingerprint density at radius 3 is 2.52 bits per heavy atom. The molecule has 0 fully saturated rings. The number of nitrogens with zero attached hydrogens (tertiary/aromatic N) is 2. The number of benzene rings is 2. The summed E-state index contributed by atoms with van der Waals surface area (Å²) in [6.45, 7) is 3.93. The molecule has 6 nitrogen and oxygen atoms in total. The molecule has 0 bridgehead atoms. The maximum Gasteiger partial charge on any atom is 0.325 e. The SMILES string of the molecule is COC(=O)Cn1cc(/C=C(/C#N)C(=O)Nc2cc(C)cc(C)c2)c2ccccc21. The van der Waals surface area contributed by atoms with Crippen molar-refractivity contribution in [2.24, 2.45) is 0 Å². The molecule has 146 valence electrons. The van der Waals surface area contributed by atoms with E-state index in [1.54, 1.807) is 10.8 Å². The second kappa shape index (κ2) is 8.44. The van der Waals surface area contributed by atoms with Crippen LogP contribution in [0.15, 0.2) is 54.2 Å². The fourth-order valence-corrected chi connectivity index (χ4v) is 3.27. The first-order valence-electron chi connectivity index (χ1n) is 9.07. The molecule has 0 unspecified atom stereocenters. The molecule has 0 aliphatic carbocycles. The van der Waals surface area contributed by atoms with E-state index in [1.165, 1.54) is 13.2 Å². The normalized spacial score (nSPS) is 11.2. The molecule has 0 spiro atoms. The van der Waals surface area contributed by atoms with Gasteiger partial charge < -0.3 is 14.6 Å². The summed E-state index contributed by atoms with van der Waals surface area (Å²) in [7, 11) is 1.33. The number of fused-ring (bicyclic) bond motifs is 1. The molecule has 0 saturated carbocycles. The van der Waals surface area contributed by atoms with Crippen molar-refractivity contribution in [3.63, 3.8) is 0 Å². The van der Waals surface area contributed by atoms with Crippen LogP contribution in [0.2, 0.25) is 0 Å². The Bertz CT molecular complexity index is 1150. The van der Waals surface area contributed by atoms with E-state index in [0.717, 1.165) is 22.0 Å². The van der Waals surface area contributed by atoms with Crippen molar-refractivity contribution in [3.8, 4) is 6.07 Å². The fraction of sp³-hybridized carbons (Fsp3) is 0.174. The van der Waals surface area contributed by atoms with Crippen molar-refractivity contribution in [3.05, 3.63) is 70.9 Å². The molecule has 1 N–H and O–H groups in total. The summed E-state index contributed by atoms with van der Waals surface area (Å²) in [6, 6.07) is 15.2. The molecule has 1 amide bonds. The number of methoxy groups -OCH3 is 1. The van der Waals surface area contributed by atoms with Gasteiger partial charge in [0.1, 0.15) is 18.2 Å². The van der Waals surface area contributed by atoms with Crippen LogP contribution < -0.4 is 5.32 Å². The van der Waals surface area contributed by atoms with E-state index in [1.807, 2.05) is 62.4 Å². The van der Waals surface area contributed by atoms with Crippen molar-refractivity contribution in [2.45, 2.75) is 20.4 Å². The molecule has 1 aromatic heterocycles. The highest BCUT2D eigenvalue weighted by Gasteiger charge is 2.14. The number of para-hydroxylation sites is 1. The average molecular weight is 387 g/mol. The lowest BCUT2D eigenvalue weighted by Crippen LogP contribution is -2.13. The molecule has 0 aliphatic rings. The number of rotatable bonds is 5. The number of hydrogen-bond donors (Lipinski definition) is 1. The van der Waals surface area contributed by atoms with Gasteiger partial charge in [0.15, 0.2) is 0 Å². The number of anilines is 1. The van der Waals surface area contributed by atoms with E-state index in [-0.39, 0.29) is 18.1 Å². The summed E-state index contributed by atoms with van der Waals surface area (Å²) in [6.07, 6.45) is 3.27. The van der Waals surface area contributed by atoms with Crippen LogP contribution in [-0.2, 0) is 20.9 Å². The highest BCUT2D eigenvalue weighted by molar-refractivity contribution is 6.10. The van der Waals surface area contributed by atoms with E-state index in [9.17, 15) is 14.9 Å². The lowest BCUT2D eigenvalue weighted by Gasteiger charge is -2.07. The van der Waals surface area contributed by atoms with Crippen molar-refractivity contribution >= 4 is 34.5 Å². The molecule has 1 heterocycles.